The molecule has 0 heterocycles. The molecule has 2 rings (SSSR count). The molecular weight excluding hydrogens is 549 g/mol. The summed E-state index contributed by atoms with van der Waals surface area (Å²) in [6.45, 7) is 3.57. The second-order valence-corrected chi connectivity index (χ2v) is 8.18. The van der Waals surface area contributed by atoms with Crippen molar-refractivity contribution in [2.24, 2.45) is 0 Å². The number of aryl methyl sites for hydroxylation is 1. The van der Waals surface area contributed by atoms with Crippen LogP contribution in [0, 0.1) is 22.1 Å². The van der Waals surface area contributed by atoms with Gasteiger partial charge in [0.1, 0.15) is 0 Å². The molecule has 1 atom stereocenters. The molecule has 0 aliphatic heterocycles. The van der Waals surface area contributed by atoms with Crippen molar-refractivity contribution in [3.05, 3.63) is 55.1 Å². The first kappa shape index (κ1) is 23.0. The topological polar surface area (TPSA) is 70.6 Å². The Labute approximate surface area is 184 Å². The molecule has 1 unspecified atom stereocenters. The molecule has 0 radical (unpaired) electrons. The third kappa shape index (κ3) is 5.62. The number of hydroxylamine groups is 1. The molecule has 2 aromatic carbocycles. The lowest BCUT2D eigenvalue weighted by Gasteiger charge is -2.18. The van der Waals surface area contributed by atoms with E-state index in [1.165, 1.54) is 6.07 Å². The fraction of sp³-hybridized carbons (Fsp3) is 0.316. The molecule has 0 aromatic heterocycles. The molecule has 1 amide bonds. The Balaban J connectivity index is 2.36. The van der Waals surface area contributed by atoms with Crippen LogP contribution in [-0.4, -0.2) is 23.7 Å². The van der Waals surface area contributed by atoms with Gasteiger partial charge in [-0.3, -0.25) is 9.63 Å². The third-order valence-corrected chi connectivity index (χ3v) is 5.33. The molecule has 0 bridgehead atoms. The summed E-state index contributed by atoms with van der Waals surface area (Å²) in [4.78, 5) is 17.9. The van der Waals surface area contributed by atoms with Crippen LogP contribution in [0.5, 0.6) is 0 Å². The summed E-state index contributed by atoms with van der Waals surface area (Å²) < 4.78 is 29.6. The molecule has 3 N–H and O–H groups in total. The number of amides is 1. The summed E-state index contributed by atoms with van der Waals surface area (Å²) in [6, 6.07) is 6.60. The zero-order valence-corrected chi connectivity index (χ0v) is 19.0. The number of halogens is 4. The van der Waals surface area contributed by atoms with E-state index in [4.69, 9.17) is 9.94 Å². The molecule has 0 spiro atoms. The average molecular weight is 569 g/mol. The lowest BCUT2D eigenvalue weighted by Crippen LogP contribution is -2.30. The molecule has 0 aliphatic rings. The van der Waals surface area contributed by atoms with E-state index in [1.807, 2.05) is 26.0 Å². The summed E-state index contributed by atoms with van der Waals surface area (Å²) >= 11 is 5.08. The maximum absolute atomic E-state index is 14.6. The molecule has 0 fully saturated rings. The minimum Gasteiger partial charge on any atom is -0.396 e. The van der Waals surface area contributed by atoms with Crippen LogP contribution in [0.2, 0.25) is 0 Å². The maximum atomic E-state index is 14.6. The van der Waals surface area contributed by atoms with Gasteiger partial charge >= 0.3 is 0 Å². The highest BCUT2D eigenvalue weighted by molar-refractivity contribution is 14.1. The Kier molecular flexibility index (Phi) is 8.59. The van der Waals surface area contributed by atoms with Crippen LogP contribution in [0.3, 0.4) is 0 Å². The van der Waals surface area contributed by atoms with E-state index < -0.39 is 23.6 Å². The van der Waals surface area contributed by atoms with Crippen molar-refractivity contribution in [2.75, 3.05) is 11.9 Å². The van der Waals surface area contributed by atoms with E-state index in [2.05, 4.69) is 49.3 Å². The molecule has 152 valence electrons. The quantitative estimate of drug-likeness (QED) is 0.232. The van der Waals surface area contributed by atoms with Crippen LogP contribution >= 0.6 is 38.5 Å². The highest BCUT2D eigenvalue weighted by Gasteiger charge is 2.23. The molecule has 28 heavy (non-hydrogen) atoms. The fourth-order valence-corrected chi connectivity index (χ4v) is 3.53. The zero-order chi connectivity index (χ0) is 20.8. The van der Waals surface area contributed by atoms with Gasteiger partial charge in [-0.05, 0) is 88.1 Å². The number of carbonyl (C=O) groups excluding carboxylic acids is 1. The normalized spacial score (nSPS) is 12.0. The third-order valence-electron chi connectivity index (χ3n) is 4.08. The van der Waals surface area contributed by atoms with Crippen molar-refractivity contribution >= 4 is 55.8 Å². The van der Waals surface area contributed by atoms with Crippen molar-refractivity contribution in [3.8, 4) is 0 Å². The minimum atomic E-state index is -1.18. The molecule has 0 aliphatic carbocycles. The van der Waals surface area contributed by atoms with E-state index in [1.54, 1.807) is 6.07 Å². The van der Waals surface area contributed by atoms with Crippen LogP contribution in [0.4, 0.5) is 20.2 Å². The SMILES string of the molecule is CCC(CCO)ONC(=O)c1cc(Br)c(F)c(F)c1Nc1ccc(I)cc1C. The van der Waals surface area contributed by atoms with Crippen molar-refractivity contribution in [1.29, 1.82) is 0 Å². The van der Waals surface area contributed by atoms with Crippen molar-refractivity contribution in [1.82, 2.24) is 5.48 Å². The van der Waals surface area contributed by atoms with E-state index in [9.17, 15) is 13.6 Å². The largest absolute Gasteiger partial charge is 0.396 e. The van der Waals surface area contributed by atoms with E-state index in [-0.39, 0.29) is 22.3 Å². The van der Waals surface area contributed by atoms with Gasteiger partial charge in [-0.15, -0.1) is 0 Å². The summed E-state index contributed by atoms with van der Waals surface area (Å²) in [5, 5.41) is 11.8. The number of aliphatic hydroxyl groups excluding tert-OH is 1. The number of aliphatic hydroxyl groups is 1. The predicted molar refractivity (Wildman–Crippen MR) is 116 cm³/mol. The van der Waals surface area contributed by atoms with Gasteiger partial charge in [-0.1, -0.05) is 6.92 Å². The lowest BCUT2D eigenvalue weighted by molar-refractivity contribution is -0.0269. The average Bonchev–Trinajstić information content (AvgIpc) is 2.66. The Morgan fingerprint density at radius 3 is 2.64 bits per heavy atom. The number of benzene rings is 2. The van der Waals surface area contributed by atoms with Crippen molar-refractivity contribution < 1.29 is 23.5 Å². The highest BCUT2D eigenvalue weighted by Crippen LogP contribution is 2.32. The Bertz CT molecular complexity index is 868. The maximum Gasteiger partial charge on any atom is 0.277 e. The number of rotatable bonds is 8. The van der Waals surface area contributed by atoms with Crippen LogP contribution in [0.25, 0.3) is 0 Å². The minimum absolute atomic E-state index is 0.0933. The Morgan fingerprint density at radius 1 is 1.32 bits per heavy atom. The van der Waals surface area contributed by atoms with Crippen molar-refractivity contribution in [2.45, 2.75) is 32.8 Å². The van der Waals surface area contributed by atoms with E-state index >= 15 is 0 Å². The van der Waals surface area contributed by atoms with Crippen LogP contribution in [0.15, 0.2) is 28.7 Å². The first-order chi connectivity index (χ1) is 13.3. The van der Waals surface area contributed by atoms with Gasteiger partial charge in [0.05, 0.1) is 21.8 Å². The molecule has 9 heteroatoms. The monoisotopic (exact) mass is 568 g/mol. The highest BCUT2D eigenvalue weighted by atomic mass is 127. The number of hydrogen-bond donors (Lipinski definition) is 3. The second-order valence-electron chi connectivity index (χ2n) is 6.08. The van der Waals surface area contributed by atoms with Gasteiger partial charge in [0.2, 0.25) is 0 Å². The van der Waals surface area contributed by atoms with Crippen LogP contribution in [0.1, 0.15) is 35.7 Å². The first-order valence-electron chi connectivity index (χ1n) is 8.56. The van der Waals surface area contributed by atoms with Gasteiger partial charge in [0, 0.05) is 15.9 Å². The van der Waals surface area contributed by atoms with Gasteiger partial charge in [-0.25, -0.2) is 14.3 Å². The predicted octanol–water partition coefficient (Wildman–Crippen LogP) is 5.21. The smallest absolute Gasteiger partial charge is 0.277 e. The first-order valence-corrected chi connectivity index (χ1v) is 10.4. The number of carbonyl (C=O) groups is 1. The van der Waals surface area contributed by atoms with Gasteiger partial charge < -0.3 is 10.4 Å². The van der Waals surface area contributed by atoms with Crippen LogP contribution < -0.4 is 10.8 Å². The lowest BCUT2D eigenvalue weighted by atomic mass is 10.1. The number of nitrogens with one attached hydrogen (secondary N) is 2. The Morgan fingerprint density at radius 2 is 2.04 bits per heavy atom. The summed E-state index contributed by atoms with van der Waals surface area (Å²) in [5.74, 6) is -3.02. The molecular formula is C19H20BrF2IN2O3. The van der Waals surface area contributed by atoms with Crippen LogP contribution in [-0.2, 0) is 4.84 Å². The zero-order valence-electron chi connectivity index (χ0n) is 15.3. The van der Waals surface area contributed by atoms with E-state index in [0.717, 1.165) is 9.13 Å². The van der Waals surface area contributed by atoms with Gasteiger partial charge in [0.15, 0.2) is 11.6 Å². The number of hydrogen-bond acceptors (Lipinski definition) is 4. The summed E-state index contributed by atoms with van der Waals surface area (Å²) in [5.41, 5.74) is 3.20. The standard InChI is InChI=1S/C19H20BrF2IN2O3/c1-3-12(6-7-26)28-25-19(27)13-9-14(20)16(21)17(22)18(13)24-15-5-4-11(23)8-10(15)2/h4-5,8-9,12,24,26H,3,6-7H2,1-2H3,(H,25,27). The number of anilines is 2. The molecule has 2 aromatic rings. The Hall–Kier alpha value is -1.30. The molecule has 5 nitrogen and oxygen atoms in total. The van der Waals surface area contributed by atoms with Crippen molar-refractivity contribution in [3.63, 3.8) is 0 Å². The molecule has 0 saturated carbocycles. The van der Waals surface area contributed by atoms with Gasteiger partial charge in [0.25, 0.3) is 5.91 Å². The fourth-order valence-electron chi connectivity index (χ4n) is 2.48. The van der Waals surface area contributed by atoms with E-state index in [0.29, 0.717) is 18.5 Å². The summed E-state index contributed by atoms with van der Waals surface area (Å²) in [6.07, 6.45) is 0.512. The van der Waals surface area contributed by atoms with Gasteiger partial charge in [-0.2, -0.15) is 0 Å². The molecule has 0 saturated heterocycles. The second kappa shape index (κ2) is 10.5. The summed E-state index contributed by atoms with van der Waals surface area (Å²) in [7, 11) is 0.